The van der Waals surface area contributed by atoms with Crippen LogP contribution in [0, 0.1) is 0 Å². The Balaban J connectivity index is 1.62. The summed E-state index contributed by atoms with van der Waals surface area (Å²) >= 11 is 0. The molecular weight excluding hydrogens is 418 g/mol. The SMILES string of the molecule is COC(=O)C1=C(CN2CCC3(CC2)OCCO3)NC(=O)NC1c1ccc(OC)c(OC)c1. The minimum absolute atomic E-state index is 0.355. The van der Waals surface area contributed by atoms with Gasteiger partial charge in [-0.2, -0.15) is 0 Å². The van der Waals surface area contributed by atoms with Crippen LogP contribution in [0.4, 0.5) is 4.79 Å². The molecule has 2 N–H and O–H groups in total. The van der Waals surface area contributed by atoms with Crippen LogP contribution in [-0.2, 0) is 19.0 Å². The van der Waals surface area contributed by atoms with Crippen LogP contribution in [0.25, 0.3) is 0 Å². The lowest BCUT2D eigenvalue weighted by atomic mass is 9.94. The molecule has 1 spiro atoms. The lowest BCUT2D eigenvalue weighted by Crippen LogP contribution is -2.51. The Bertz CT molecular complexity index is 901. The molecule has 0 aliphatic carbocycles. The van der Waals surface area contributed by atoms with Gasteiger partial charge in [-0.25, -0.2) is 9.59 Å². The first-order chi connectivity index (χ1) is 15.5. The van der Waals surface area contributed by atoms with Crippen molar-refractivity contribution in [2.45, 2.75) is 24.7 Å². The molecule has 1 unspecified atom stereocenters. The van der Waals surface area contributed by atoms with Gasteiger partial charge >= 0.3 is 12.0 Å². The molecule has 2 amide bonds. The van der Waals surface area contributed by atoms with Crippen molar-refractivity contribution in [3.63, 3.8) is 0 Å². The number of hydrogen-bond donors (Lipinski definition) is 2. The van der Waals surface area contributed by atoms with Gasteiger partial charge in [-0.05, 0) is 17.7 Å². The molecule has 4 rings (SSSR count). The van der Waals surface area contributed by atoms with E-state index in [0.29, 0.717) is 48.1 Å². The summed E-state index contributed by atoms with van der Waals surface area (Å²) < 4.78 is 27.3. The van der Waals surface area contributed by atoms with E-state index in [9.17, 15) is 9.59 Å². The zero-order valence-corrected chi connectivity index (χ0v) is 18.6. The molecule has 0 bridgehead atoms. The van der Waals surface area contributed by atoms with Gasteiger partial charge in [-0.1, -0.05) is 6.07 Å². The van der Waals surface area contributed by atoms with E-state index in [1.165, 1.54) is 14.2 Å². The highest BCUT2D eigenvalue weighted by Gasteiger charge is 2.41. The van der Waals surface area contributed by atoms with Gasteiger partial charge in [-0.3, -0.25) is 4.90 Å². The predicted molar refractivity (Wildman–Crippen MR) is 113 cm³/mol. The zero-order chi connectivity index (χ0) is 22.7. The van der Waals surface area contributed by atoms with Gasteiger partial charge in [0.25, 0.3) is 0 Å². The number of rotatable bonds is 6. The predicted octanol–water partition coefficient (Wildman–Crippen LogP) is 1.32. The average molecular weight is 447 g/mol. The molecule has 174 valence electrons. The van der Waals surface area contributed by atoms with Gasteiger partial charge in [0.05, 0.1) is 46.2 Å². The van der Waals surface area contributed by atoms with Crippen LogP contribution in [0.1, 0.15) is 24.4 Å². The minimum Gasteiger partial charge on any atom is -0.493 e. The van der Waals surface area contributed by atoms with Crippen molar-refractivity contribution < 1.29 is 33.3 Å². The van der Waals surface area contributed by atoms with E-state index in [1.54, 1.807) is 25.3 Å². The number of hydrogen-bond acceptors (Lipinski definition) is 8. The van der Waals surface area contributed by atoms with Crippen LogP contribution in [0.3, 0.4) is 0 Å². The van der Waals surface area contributed by atoms with Gasteiger partial charge in [0.1, 0.15) is 0 Å². The molecule has 10 nitrogen and oxygen atoms in total. The molecule has 32 heavy (non-hydrogen) atoms. The van der Waals surface area contributed by atoms with Gasteiger partial charge in [0.2, 0.25) is 0 Å². The fraction of sp³-hybridized carbons (Fsp3) is 0.545. The lowest BCUT2D eigenvalue weighted by Gasteiger charge is -2.39. The Labute approximate surface area is 186 Å². The number of carbonyl (C=O) groups is 2. The fourth-order valence-corrected chi connectivity index (χ4v) is 4.44. The summed E-state index contributed by atoms with van der Waals surface area (Å²) in [4.78, 5) is 27.5. The number of benzene rings is 1. The standard InChI is InChI=1S/C22H29N3O7/c1-28-16-5-4-14(12-17(16)29-2)19-18(20(26)30-3)15(23-21(27)24-19)13-25-8-6-22(7-9-25)31-10-11-32-22/h4-5,12,19H,6-11,13H2,1-3H3,(H2,23,24,27). The lowest BCUT2D eigenvalue weighted by molar-refractivity contribution is -0.184. The molecule has 1 atom stereocenters. The number of amides is 2. The molecule has 3 heterocycles. The van der Waals surface area contributed by atoms with Crippen LogP contribution in [0.15, 0.2) is 29.5 Å². The summed E-state index contributed by atoms with van der Waals surface area (Å²) in [6.45, 7) is 3.08. The second-order valence-corrected chi connectivity index (χ2v) is 7.91. The number of ether oxygens (including phenoxy) is 5. The van der Waals surface area contributed by atoms with Crippen molar-refractivity contribution in [2.24, 2.45) is 0 Å². The Hall–Kier alpha value is -2.82. The summed E-state index contributed by atoms with van der Waals surface area (Å²) in [6.07, 6.45) is 1.47. The maximum absolute atomic E-state index is 12.8. The number of likely N-dealkylation sites (tertiary alicyclic amines) is 1. The quantitative estimate of drug-likeness (QED) is 0.629. The van der Waals surface area contributed by atoms with Crippen LogP contribution >= 0.6 is 0 Å². The van der Waals surface area contributed by atoms with E-state index in [2.05, 4.69) is 15.5 Å². The van der Waals surface area contributed by atoms with E-state index in [4.69, 9.17) is 23.7 Å². The summed E-state index contributed by atoms with van der Waals surface area (Å²) in [7, 11) is 4.41. The van der Waals surface area contributed by atoms with Gasteiger partial charge in [0.15, 0.2) is 17.3 Å². The number of nitrogens with zero attached hydrogens (tertiary/aromatic N) is 1. The molecule has 0 aromatic heterocycles. The normalized spacial score (nSPS) is 23.0. The smallest absolute Gasteiger partial charge is 0.338 e. The van der Waals surface area contributed by atoms with Gasteiger partial charge in [-0.15, -0.1) is 0 Å². The Morgan fingerprint density at radius 3 is 2.44 bits per heavy atom. The van der Waals surface area contributed by atoms with Crippen LogP contribution in [-0.4, -0.2) is 76.9 Å². The highest BCUT2D eigenvalue weighted by atomic mass is 16.7. The number of methoxy groups -OCH3 is 3. The monoisotopic (exact) mass is 447 g/mol. The first-order valence-electron chi connectivity index (χ1n) is 10.6. The molecule has 3 aliphatic heterocycles. The van der Waals surface area contributed by atoms with Gasteiger partial charge in [0, 0.05) is 38.2 Å². The number of piperidine rings is 1. The van der Waals surface area contributed by atoms with Crippen molar-refractivity contribution >= 4 is 12.0 Å². The molecular formula is C22H29N3O7. The number of urea groups is 1. The van der Waals surface area contributed by atoms with E-state index in [-0.39, 0.29) is 6.03 Å². The Morgan fingerprint density at radius 1 is 1.12 bits per heavy atom. The van der Waals surface area contributed by atoms with E-state index < -0.39 is 17.8 Å². The molecule has 3 aliphatic rings. The number of esters is 1. The fourth-order valence-electron chi connectivity index (χ4n) is 4.44. The molecule has 10 heteroatoms. The minimum atomic E-state index is -0.691. The maximum Gasteiger partial charge on any atom is 0.338 e. The van der Waals surface area contributed by atoms with Crippen LogP contribution in [0.5, 0.6) is 11.5 Å². The van der Waals surface area contributed by atoms with E-state index in [1.807, 2.05) is 0 Å². The van der Waals surface area contributed by atoms with Crippen LogP contribution < -0.4 is 20.1 Å². The number of nitrogens with one attached hydrogen (secondary N) is 2. The van der Waals surface area contributed by atoms with Crippen molar-refractivity contribution in [3.8, 4) is 11.5 Å². The van der Waals surface area contributed by atoms with Crippen LogP contribution in [0.2, 0.25) is 0 Å². The van der Waals surface area contributed by atoms with E-state index >= 15 is 0 Å². The highest BCUT2D eigenvalue weighted by Crippen LogP contribution is 2.35. The van der Waals surface area contributed by atoms with Crippen molar-refractivity contribution in [1.29, 1.82) is 0 Å². The highest BCUT2D eigenvalue weighted by molar-refractivity contribution is 5.95. The summed E-state index contributed by atoms with van der Waals surface area (Å²) in [5.41, 5.74) is 1.55. The maximum atomic E-state index is 12.8. The van der Waals surface area contributed by atoms with E-state index in [0.717, 1.165) is 25.9 Å². The molecule has 2 saturated heterocycles. The molecule has 1 aromatic rings. The summed E-state index contributed by atoms with van der Waals surface area (Å²) in [6, 6.07) is 4.20. The summed E-state index contributed by atoms with van der Waals surface area (Å²) in [5, 5.41) is 5.64. The first kappa shape index (κ1) is 22.4. The molecule has 0 saturated carbocycles. The zero-order valence-electron chi connectivity index (χ0n) is 18.6. The van der Waals surface area contributed by atoms with Crippen molar-refractivity contribution in [3.05, 3.63) is 35.0 Å². The topological polar surface area (TPSA) is 108 Å². The first-order valence-corrected chi connectivity index (χ1v) is 10.6. The third-order valence-corrected chi connectivity index (χ3v) is 6.11. The molecule has 1 aromatic carbocycles. The Kier molecular flexibility index (Phi) is 6.54. The third kappa shape index (κ3) is 4.38. The van der Waals surface area contributed by atoms with Crippen molar-refractivity contribution in [1.82, 2.24) is 15.5 Å². The van der Waals surface area contributed by atoms with Crippen molar-refractivity contribution in [2.75, 3.05) is 54.2 Å². The average Bonchev–Trinajstić information content (AvgIpc) is 3.27. The number of carbonyl (C=O) groups excluding carboxylic acids is 2. The molecule has 0 radical (unpaired) electrons. The Morgan fingerprint density at radius 2 is 1.81 bits per heavy atom. The van der Waals surface area contributed by atoms with Gasteiger partial charge < -0.3 is 34.3 Å². The largest absolute Gasteiger partial charge is 0.493 e. The third-order valence-electron chi connectivity index (χ3n) is 6.11. The second kappa shape index (κ2) is 9.35. The summed E-state index contributed by atoms with van der Waals surface area (Å²) in [5.74, 6) is 0.0545. The second-order valence-electron chi connectivity index (χ2n) is 7.91. The molecule has 2 fully saturated rings.